The topological polar surface area (TPSA) is 59.2 Å². The van der Waals surface area contributed by atoms with E-state index in [1.54, 1.807) is 37.4 Å². The largest absolute Gasteiger partial charge is 0.454 e. The van der Waals surface area contributed by atoms with Gasteiger partial charge in [-0.15, -0.1) is 0 Å². The molecule has 2 aromatic carbocycles. The molecule has 24 heavy (non-hydrogen) atoms. The summed E-state index contributed by atoms with van der Waals surface area (Å²) in [6.07, 6.45) is 0.906. The highest BCUT2D eigenvalue weighted by atomic mass is 35.5. The van der Waals surface area contributed by atoms with E-state index in [1.165, 1.54) is 0 Å². The Hall–Kier alpha value is -2.59. The van der Waals surface area contributed by atoms with Gasteiger partial charge in [0.1, 0.15) is 0 Å². The molecule has 1 aromatic heterocycles. The molecule has 1 N–H and O–H groups in total. The Balaban J connectivity index is 1.67. The molecule has 4 nitrogen and oxygen atoms in total. The standard InChI is InChI=1S/C19H16ClNO3/c1-12(24-18(22)10-13-6-8-14(20)9-7-13)19(23)16-11-21-17-5-3-2-4-15(16)17/h2-9,11-12,21H,10H2,1H3/t12-/m0/s1. The summed E-state index contributed by atoms with van der Waals surface area (Å²) in [5, 5.41) is 1.43. The van der Waals surface area contributed by atoms with Crippen LogP contribution in [0.25, 0.3) is 10.9 Å². The summed E-state index contributed by atoms with van der Waals surface area (Å²) < 4.78 is 5.28. The molecule has 0 aliphatic heterocycles. The molecule has 0 saturated heterocycles. The summed E-state index contributed by atoms with van der Waals surface area (Å²) in [4.78, 5) is 27.6. The van der Waals surface area contributed by atoms with Crippen molar-refractivity contribution >= 4 is 34.3 Å². The third kappa shape index (κ3) is 3.49. The molecular formula is C19H16ClNO3. The molecule has 3 aromatic rings. The number of hydrogen-bond donors (Lipinski definition) is 1. The zero-order valence-corrected chi connectivity index (χ0v) is 13.8. The van der Waals surface area contributed by atoms with E-state index in [4.69, 9.17) is 16.3 Å². The molecule has 122 valence electrons. The number of H-pyrrole nitrogens is 1. The van der Waals surface area contributed by atoms with Crippen LogP contribution >= 0.6 is 11.6 Å². The minimum absolute atomic E-state index is 0.0999. The SMILES string of the molecule is C[C@H](OC(=O)Cc1ccc(Cl)cc1)C(=O)c1c[nH]c2ccccc12. The van der Waals surface area contributed by atoms with Crippen LogP contribution in [0.15, 0.2) is 54.7 Å². The van der Waals surface area contributed by atoms with Crippen LogP contribution in [0.2, 0.25) is 5.02 Å². The number of Topliss-reactive ketones (excluding diaryl/α,β-unsaturated/α-hetero) is 1. The van der Waals surface area contributed by atoms with E-state index >= 15 is 0 Å². The highest BCUT2D eigenvalue weighted by molar-refractivity contribution is 6.30. The summed E-state index contributed by atoms with van der Waals surface area (Å²) in [7, 11) is 0. The van der Waals surface area contributed by atoms with Gasteiger partial charge in [0.05, 0.1) is 6.42 Å². The number of aromatic amines is 1. The second kappa shape index (κ2) is 6.89. The number of carbonyl (C=O) groups is 2. The van der Waals surface area contributed by atoms with E-state index in [9.17, 15) is 9.59 Å². The van der Waals surface area contributed by atoms with Crippen molar-refractivity contribution in [2.75, 3.05) is 0 Å². The van der Waals surface area contributed by atoms with Crippen LogP contribution in [0, 0.1) is 0 Å². The molecule has 0 fully saturated rings. The maximum atomic E-state index is 12.5. The van der Waals surface area contributed by atoms with Crippen LogP contribution < -0.4 is 0 Å². The van der Waals surface area contributed by atoms with Gasteiger partial charge < -0.3 is 9.72 Å². The number of carbonyl (C=O) groups excluding carboxylic acids is 2. The summed E-state index contributed by atoms with van der Waals surface area (Å²) in [6.45, 7) is 1.59. The van der Waals surface area contributed by atoms with Gasteiger partial charge in [-0.1, -0.05) is 41.9 Å². The lowest BCUT2D eigenvalue weighted by Crippen LogP contribution is -2.25. The van der Waals surface area contributed by atoms with Gasteiger partial charge in [-0.25, -0.2) is 0 Å². The zero-order chi connectivity index (χ0) is 17.1. The van der Waals surface area contributed by atoms with Crippen molar-refractivity contribution in [2.24, 2.45) is 0 Å². The Morgan fingerprint density at radius 1 is 1.12 bits per heavy atom. The summed E-state index contributed by atoms with van der Waals surface area (Å²) in [5.41, 5.74) is 2.19. The van der Waals surface area contributed by atoms with Crippen molar-refractivity contribution in [3.05, 3.63) is 70.9 Å². The average Bonchev–Trinajstić information content (AvgIpc) is 3.00. The molecule has 0 spiro atoms. The van der Waals surface area contributed by atoms with Gasteiger partial charge >= 0.3 is 5.97 Å². The molecule has 1 atom stereocenters. The smallest absolute Gasteiger partial charge is 0.310 e. The second-order valence-electron chi connectivity index (χ2n) is 5.55. The lowest BCUT2D eigenvalue weighted by molar-refractivity contribution is -0.145. The minimum atomic E-state index is -0.844. The molecule has 3 rings (SSSR count). The van der Waals surface area contributed by atoms with Gasteiger partial charge in [-0.2, -0.15) is 0 Å². The van der Waals surface area contributed by atoms with Crippen LogP contribution in [-0.2, 0) is 16.0 Å². The first kappa shape index (κ1) is 16.3. The predicted octanol–water partition coefficient (Wildman–Crippen LogP) is 4.18. The molecule has 0 aliphatic rings. The fourth-order valence-corrected chi connectivity index (χ4v) is 2.68. The summed E-state index contributed by atoms with van der Waals surface area (Å²) >= 11 is 5.82. The fourth-order valence-electron chi connectivity index (χ4n) is 2.56. The lowest BCUT2D eigenvalue weighted by Gasteiger charge is -2.12. The number of hydrogen-bond acceptors (Lipinski definition) is 3. The summed E-state index contributed by atoms with van der Waals surface area (Å²) in [5.74, 6) is -0.671. The number of para-hydroxylation sites is 1. The average molecular weight is 342 g/mol. The molecule has 0 aliphatic carbocycles. The first-order valence-electron chi connectivity index (χ1n) is 7.59. The Kier molecular flexibility index (Phi) is 4.67. The zero-order valence-electron chi connectivity index (χ0n) is 13.1. The Labute approximate surface area is 144 Å². The number of fused-ring (bicyclic) bond motifs is 1. The number of benzene rings is 2. The first-order valence-corrected chi connectivity index (χ1v) is 7.96. The van der Waals surface area contributed by atoms with Gasteiger partial charge in [0.2, 0.25) is 5.78 Å². The van der Waals surface area contributed by atoms with Crippen LogP contribution in [0.5, 0.6) is 0 Å². The predicted molar refractivity (Wildman–Crippen MR) is 93.3 cm³/mol. The van der Waals surface area contributed by atoms with Crippen molar-refractivity contribution in [1.82, 2.24) is 4.98 Å². The van der Waals surface area contributed by atoms with E-state index in [2.05, 4.69) is 4.98 Å². The van der Waals surface area contributed by atoms with Crippen molar-refractivity contribution in [3.63, 3.8) is 0 Å². The third-order valence-corrected chi connectivity index (χ3v) is 4.05. The summed E-state index contributed by atoms with van der Waals surface area (Å²) in [6, 6.07) is 14.5. The normalized spacial score (nSPS) is 12.1. The number of halogens is 1. The van der Waals surface area contributed by atoms with Crippen LogP contribution in [0.3, 0.4) is 0 Å². The van der Waals surface area contributed by atoms with Crippen LogP contribution in [0.1, 0.15) is 22.8 Å². The van der Waals surface area contributed by atoms with Crippen LogP contribution in [-0.4, -0.2) is 22.8 Å². The van der Waals surface area contributed by atoms with E-state index < -0.39 is 12.1 Å². The van der Waals surface area contributed by atoms with E-state index in [0.29, 0.717) is 10.6 Å². The quantitative estimate of drug-likeness (QED) is 0.559. The van der Waals surface area contributed by atoms with Gasteiger partial charge in [-0.3, -0.25) is 9.59 Å². The van der Waals surface area contributed by atoms with Crippen molar-refractivity contribution in [3.8, 4) is 0 Å². The Morgan fingerprint density at radius 2 is 1.83 bits per heavy atom. The molecule has 0 bridgehead atoms. The minimum Gasteiger partial charge on any atom is -0.454 e. The van der Waals surface area contributed by atoms with Gasteiger partial charge in [0, 0.05) is 27.7 Å². The van der Waals surface area contributed by atoms with E-state index in [1.807, 2.05) is 24.3 Å². The molecule has 0 radical (unpaired) electrons. The second-order valence-corrected chi connectivity index (χ2v) is 5.98. The van der Waals surface area contributed by atoms with Gasteiger partial charge in [-0.05, 0) is 30.7 Å². The molecule has 0 unspecified atom stereocenters. The molecule has 5 heteroatoms. The number of rotatable bonds is 5. The number of aromatic nitrogens is 1. The number of esters is 1. The fraction of sp³-hybridized carbons (Fsp3) is 0.158. The maximum Gasteiger partial charge on any atom is 0.310 e. The Morgan fingerprint density at radius 3 is 2.58 bits per heavy atom. The number of ketones is 1. The monoisotopic (exact) mass is 341 g/mol. The maximum absolute atomic E-state index is 12.5. The van der Waals surface area contributed by atoms with Crippen molar-refractivity contribution < 1.29 is 14.3 Å². The van der Waals surface area contributed by atoms with Gasteiger partial charge in [0.25, 0.3) is 0 Å². The lowest BCUT2D eigenvalue weighted by atomic mass is 10.1. The first-order chi connectivity index (χ1) is 11.5. The highest BCUT2D eigenvalue weighted by Crippen LogP contribution is 2.20. The van der Waals surface area contributed by atoms with Crippen molar-refractivity contribution in [1.29, 1.82) is 0 Å². The highest BCUT2D eigenvalue weighted by Gasteiger charge is 2.22. The Bertz CT molecular complexity index is 883. The number of ether oxygens (including phenoxy) is 1. The van der Waals surface area contributed by atoms with Crippen molar-refractivity contribution in [2.45, 2.75) is 19.4 Å². The van der Waals surface area contributed by atoms with Crippen LogP contribution in [0.4, 0.5) is 0 Å². The number of nitrogens with one attached hydrogen (secondary N) is 1. The third-order valence-electron chi connectivity index (χ3n) is 3.79. The van der Waals surface area contributed by atoms with Gasteiger partial charge in [0.15, 0.2) is 6.10 Å². The molecule has 1 heterocycles. The van der Waals surface area contributed by atoms with E-state index in [-0.39, 0.29) is 12.2 Å². The molecule has 0 saturated carbocycles. The molecular weight excluding hydrogens is 326 g/mol. The van der Waals surface area contributed by atoms with E-state index in [0.717, 1.165) is 16.5 Å². The molecule has 0 amide bonds.